The standard InChI is InChI=1S/C24H35N3O3/c1-18-11-16-27-22(28)12-15-26(24(29)23(18)27)14-6-2-5-13-25-17-20-10-9-19-7-3-4-8-21(19)30-20/h3-4,7-8,18,20,23,25H,2,5-6,9-17H2,1H3. The summed E-state index contributed by atoms with van der Waals surface area (Å²) in [6.45, 7) is 6.05. The van der Waals surface area contributed by atoms with Crippen molar-refractivity contribution >= 4 is 11.8 Å². The molecule has 1 aromatic rings. The van der Waals surface area contributed by atoms with Crippen molar-refractivity contribution in [1.29, 1.82) is 0 Å². The first-order chi connectivity index (χ1) is 14.6. The quantitative estimate of drug-likeness (QED) is 0.666. The smallest absolute Gasteiger partial charge is 0.245 e. The highest BCUT2D eigenvalue weighted by atomic mass is 16.5. The van der Waals surface area contributed by atoms with Crippen LogP contribution < -0.4 is 10.1 Å². The molecule has 3 aliphatic heterocycles. The number of carbonyl (C=O) groups excluding carboxylic acids is 2. The van der Waals surface area contributed by atoms with Gasteiger partial charge in [0.05, 0.1) is 0 Å². The summed E-state index contributed by atoms with van der Waals surface area (Å²) < 4.78 is 6.08. The molecule has 0 aliphatic carbocycles. The molecule has 3 unspecified atom stereocenters. The van der Waals surface area contributed by atoms with E-state index in [0.29, 0.717) is 13.0 Å². The predicted molar refractivity (Wildman–Crippen MR) is 116 cm³/mol. The van der Waals surface area contributed by atoms with Crippen molar-refractivity contribution < 1.29 is 14.3 Å². The first-order valence-electron chi connectivity index (χ1n) is 11.7. The number of hydrogen-bond acceptors (Lipinski definition) is 4. The summed E-state index contributed by atoms with van der Waals surface area (Å²) in [5, 5.41) is 3.53. The van der Waals surface area contributed by atoms with Gasteiger partial charge < -0.3 is 19.9 Å². The summed E-state index contributed by atoms with van der Waals surface area (Å²) in [6, 6.07) is 8.09. The van der Waals surface area contributed by atoms with Gasteiger partial charge in [-0.15, -0.1) is 0 Å². The number of rotatable bonds is 8. The lowest BCUT2D eigenvalue weighted by Crippen LogP contribution is -2.46. The van der Waals surface area contributed by atoms with Crippen molar-refractivity contribution in [3.63, 3.8) is 0 Å². The lowest BCUT2D eigenvalue weighted by atomic mass is 10.0. The molecule has 3 atom stereocenters. The number of benzene rings is 1. The number of unbranched alkanes of at least 4 members (excludes halogenated alkanes) is 2. The maximum absolute atomic E-state index is 12.9. The summed E-state index contributed by atoms with van der Waals surface area (Å²) in [6.07, 6.45) is 7.00. The van der Waals surface area contributed by atoms with Crippen molar-refractivity contribution in [2.75, 3.05) is 32.7 Å². The van der Waals surface area contributed by atoms with Crippen molar-refractivity contribution in [2.45, 2.75) is 64.0 Å². The van der Waals surface area contributed by atoms with Crippen LogP contribution in [0.25, 0.3) is 0 Å². The Morgan fingerprint density at radius 1 is 1.07 bits per heavy atom. The van der Waals surface area contributed by atoms with Gasteiger partial charge in [0.25, 0.3) is 0 Å². The van der Waals surface area contributed by atoms with E-state index in [1.165, 1.54) is 5.56 Å². The van der Waals surface area contributed by atoms with Gasteiger partial charge in [0.15, 0.2) is 0 Å². The van der Waals surface area contributed by atoms with Gasteiger partial charge in [-0.3, -0.25) is 9.59 Å². The zero-order valence-electron chi connectivity index (χ0n) is 18.1. The molecule has 2 fully saturated rings. The van der Waals surface area contributed by atoms with Crippen molar-refractivity contribution in [1.82, 2.24) is 15.1 Å². The summed E-state index contributed by atoms with van der Waals surface area (Å²) in [7, 11) is 0. The molecular formula is C24H35N3O3. The summed E-state index contributed by atoms with van der Waals surface area (Å²) in [5.74, 6) is 1.63. The van der Waals surface area contributed by atoms with Crippen molar-refractivity contribution in [3.05, 3.63) is 29.8 Å². The molecular weight excluding hydrogens is 378 g/mol. The van der Waals surface area contributed by atoms with Gasteiger partial charge in [0, 0.05) is 32.6 Å². The number of aryl methyl sites for hydroxylation is 1. The van der Waals surface area contributed by atoms with Crippen LogP contribution in [0.15, 0.2) is 24.3 Å². The van der Waals surface area contributed by atoms with E-state index in [2.05, 4.69) is 30.4 Å². The first kappa shape index (κ1) is 21.2. The number of carbonyl (C=O) groups is 2. The molecule has 2 amide bonds. The van der Waals surface area contributed by atoms with Crippen LogP contribution in [0.2, 0.25) is 0 Å². The van der Waals surface area contributed by atoms with E-state index in [1.807, 2.05) is 15.9 Å². The zero-order chi connectivity index (χ0) is 20.9. The molecule has 2 saturated heterocycles. The van der Waals surface area contributed by atoms with Gasteiger partial charge >= 0.3 is 0 Å². The number of para-hydroxylation sites is 1. The van der Waals surface area contributed by atoms with Crippen LogP contribution in [0, 0.1) is 5.92 Å². The van der Waals surface area contributed by atoms with Crippen LogP contribution in [0.3, 0.4) is 0 Å². The van der Waals surface area contributed by atoms with E-state index in [-0.39, 0.29) is 29.9 Å². The van der Waals surface area contributed by atoms with Gasteiger partial charge in [-0.1, -0.05) is 31.5 Å². The van der Waals surface area contributed by atoms with Gasteiger partial charge in [-0.2, -0.15) is 0 Å². The average molecular weight is 414 g/mol. The fourth-order valence-corrected chi connectivity index (χ4v) is 5.01. The predicted octanol–water partition coefficient (Wildman–Crippen LogP) is 2.61. The number of nitrogens with zero attached hydrogens (tertiary/aromatic N) is 2. The molecule has 6 nitrogen and oxygen atoms in total. The molecule has 0 radical (unpaired) electrons. The number of amides is 2. The summed E-state index contributed by atoms with van der Waals surface area (Å²) in [4.78, 5) is 29.0. The highest BCUT2D eigenvalue weighted by Gasteiger charge is 2.43. The van der Waals surface area contributed by atoms with E-state index in [1.54, 1.807) is 0 Å². The highest BCUT2D eigenvalue weighted by Crippen LogP contribution is 2.29. The van der Waals surface area contributed by atoms with E-state index in [0.717, 1.165) is 70.5 Å². The number of hydrogen-bond donors (Lipinski definition) is 1. The van der Waals surface area contributed by atoms with Gasteiger partial charge in [-0.25, -0.2) is 0 Å². The molecule has 30 heavy (non-hydrogen) atoms. The fraction of sp³-hybridized carbons (Fsp3) is 0.667. The Hall–Kier alpha value is -2.08. The van der Waals surface area contributed by atoms with Gasteiger partial charge in [0.1, 0.15) is 17.9 Å². The normalized spacial score (nSPS) is 26.2. The second kappa shape index (κ2) is 9.82. The average Bonchev–Trinajstić information content (AvgIpc) is 3.10. The van der Waals surface area contributed by atoms with E-state index in [4.69, 9.17) is 4.74 Å². The lowest BCUT2D eigenvalue weighted by molar-refractivity contribution is -0.140. The molecule has 1 aromatic carbocycles. The Kier molecular flexibility index (Phi) is 6.93. The largest absolute Gasteiger partial charge is 0.489 e. The van der Waals surface area contributed by atoms with Crippen LogP contribution in [-0.2, 0) is 16.0 Å². The minimum atomic E-state index is -0.220. The Bertz CT molecular complexity index is 753. The van der Waals surface area contributed by atoms with Crippen molar-refractivity contribution in [3.8, 4) is 5.75 Å². The summed E-state index contributed by atoms with van der Waals surface area (Å²) >= 11 is 0. The number of nitrogens with one attached hydrogen (secondary N) is 1. The number of ether oxygens (including phenoxy) is 1. The van der Waals surface area contributed by atoms with E-state index in [9.17, 15) is 9.59 Å². The van der Waals surface area contributed by atoms with Crippen LogP contribution in [0.4, 0.5) is 0 Å². The summed E-state index contributed by atoms with van der Waals surface area (Å²) in [5.41, 5.74) is 1.31. The van der Waals surface area contributed by atoms with Gasteiger partial charge in [-0.05, 0) is 56.2 Å². The second-order valence-electron chi connectivity index (χ2n) is 9.02. The van der Waals surface area contributed by atoms with Crippen LogP contribution >= 0.6 is 0 Å². The Labute approximate surface area is 179 Å². The molecule has 6 heteroatoms. The molecule has 0 bridgehead atoms. The maximum atomic E-state index is 12.9. The molecule has 0 spiro atoms. The molecule has 4 rings (SSSR count). The van der Waals surface area contributed by atoms with E-state index >= 15 is 0 Å². The van der Waals surface area contributed by atoms with Crippen LogP contribution in [0.5, 0.6) is 5.75 Å². The fourth-order valence-electron chi connectivity index (χ4n) is 5.01. The third-order valence-electron chi connectivity index (χ3n) is 6.84. The first-order valence-corrected chi connectivity index (χ1v) is 11.7. The molecule has 0 saturated carbocycles. The van der Waals surface area contributed by atoms with E-state index < -0.39 is 0 Å². The Balaban J connectivity index is 1.11. The minimum absolute atomic E-state index is 0.150. The lowest BCUT2D eigenvalue weighted by Gasteiger charge is -2.27. The Morgan fingerprint density at radius 2 is 1.93 bits per heavy atom. The maximum Gasteiger partial charge on any atom is 0.245 e. The minimum Gasteiger partial charge on any atom is -0.489 e. The van der Waals surface area contributed by atoms with Crippen molar-refractivity contribution in [2.24, 2.45) is 5.92 Å². The Morgan fingerprint density at radius 3 is 2.83 bits per heavy atom. The monoisotopic (exact) mass is 413 g/mol. The molecule has 0 aromatic heterocycles. The van der Waals surface area contributed by atoms with Gasteiger partial charge in [0.2, 0.25) is 11.8 Å². The molecule has 3 aliphatic rings. The third-order valence-corrected chi connectivity index (χ3v) is 6.84. The topological polar surface area (TPSA) is 61.9 Å². The molecule has 1 N–H and O–H groups in total. The highest BCUT2D eigenvalue weighted by molar-refractivity contribution is 5.90. The SMILES string of the molecule is CC1CCN2C(=O)CCN(CCCCCNCC3CCc4ccccc4O3)C(=O)C12. The second-order valence-corrected chi connectivity index (χ2v) is 9.02. The molecule has 164 valence electrons. The van der Waals surface area contributed by atoms with Crippen LogP contribution in [-0.4, -0.2) is 66.5 Å². The molecule has 3 heterocycles. The third kappa shape index (κ3) is 4.80. The zero-order valence-corrected chi connectivity index (χ0v) is 18.1. The number of fused-ring (bicyclic) bond motifs is 2. The van der Waals surface area contributed by atoms with Crippen LogP contribution in [0.1, 0.15) is 51.0 Å².